The van der Waals surface area contributed by atoms with E-state index in [0.717, 1.165) is 22.6 Å². The molecular weight excluding hydrogens is 308 g/mol. The summed E-state index contributed by atoms with van der Waals surface area (Å²) in [5.74, 6) is 0.795. The maximum absolute atomic E-state index is 4.67. The molecule has 0 bridgehead atoms. The van der Waals surface area contributed by atoms with Crippen LogP contribution in [-0.4, -0.2) is 15.0 Å². The van der Waals surface area contributed by atoms with Crippen molar-refractivity contribution >= 4 is 17.0 Å². The van der Waals surface area contributed by atoms with Crippen molar-refractivity contribution in [3.63, 3.8) is 0 Å². The van der Waals surface area contributed by atoms with E-state index >= 15 is 0 Å². The van der Waals surface area contributed by atoms with Crippen molar-refractivity contribution in [2.45, 2.75) is 13.0 Å². The summed E-state index contributed by atoms with van der Waals surface area (Å²) in [6.07, 6.45) is 1.79. The molecule has 1 atom stereocenters. The van der Waals surface area contributed by atoms with Gasteiger partial charge in [0.1, 0.15) is 11.3 Å². The van der Waals surface area contributed by atoms with E-state index in [1.54, 1.807) is 6.20 Å². The Labute approximate surface area is 146 Å². The maximum Gasteiger partial charge on any atom is 0.180 e. The van der Waals surface area contributed by atoms with E-state index in [1.807, 2.05) is 60.7 Å². The van der Waals surface area contributed by atoms with E-state index in [2.05, 4.69) is 39.3 Å². The molecule has 2 heterocycles. The van der Waals surface area contributed by atoms with Gasteiger partial charge >= 0.3 is 0 Å². The summed E-state index contributed by atoms with van der Waals surface area (Å²) in [5, 5.41) is 3.43. The fourth-order valence-corrected chi connectivity index (χ4v) is 2.77. The minimum absolute atomic E-state index is 0.163. The molecule has 4 heteroatoms. The van der Waals surface area contributed by atoms with Crippen molar-refractivity contribution in [2.24, 2.45) is 0 Å². The van der Waals surface area contributed by atoms with Gasteiger partial charge in [-0.05, 0) is 24.6 Å². The third kappa shape index (κ3) is 3.33. The molecule has 0 radical (unpaired) electrons. The Morgan fingerprint density at radius 3 is 2.28 bits per heavy atom. The number of aromatic nitrogens is 3. The molecule has 2 aromatic heterocycles. The quantitative estimate of drug-likeness (QED) is 0.581. The first-order valence-electron chi connectivity index (χ1n) is 8.30. The number of fused-ring (bicyclic) bond motifs is 1. The van der Waals surface area contributed by atoms with Gasteiger partial charge in [-0.25, -0.2) is 9.97 Å². The average Bonchev–Trinajstić information content (AvgIpc) is 2.69. The molecule has 0 aliphatic heterocycles. The van der Waals surface area contributed by atoms with Crippen LogP contribution in [0.3, 0.4) is 0 Å². The van der Waals surface area contributed by atoms with Crippen LogP contribution in [0.15, 0.2) is 79.0 Å². The molecular formula is C21H18N4. The number of hydrogen-bond donors (Lipinski definition) is 1. The second kappa shape index (κ2) is 6.69. The molecule has 2 aromatic carbocycles. The molecule has 122 valence electrons. The predicted octanol–water partition coefficient (Wildman–Crippen LogP) is 4.86. The van der Waals surface area contributed by atoms with Crippen LogP contribution in [-0.2, 0) is 0 Å². The van der Waals surface area contributed by atoms with Gasteiger partial charge in [-0.2, -0.15) is 0 Å². The van der Waals surface area contributed by atoms with E-state index in [4.69, 9.17) is 0 Å². The van der Waals surface area contributed by atoms with Crippen LogP contribution in [0.2, 0.25) is 0 Å². The number of anilines is 1. The highest BCUT2D eigenvalue weighted by molar-refractivity contribution is 5.75. The van der Waals surface area contributed by atoms with Gasteiger partial charge < -0.3 is 5.32 Å². The van der Waals surface area contributed by atoms with Gasteiger partial charge in [0.15, 0.2) is 5.65 Å². The van der Waals surface area contributed by atoms with E-state index in [9.17, 15) is 0 Å². The van der Waals surface area contributed by atoms with Crippen LogP contribution in [0.5, 0.6) is 0 Å². The van der Waals surface area contributed by atoms with Crippen molar-refractivity contribution < 1.29 is 0 Å². The van der Waals surface area contributed by atoms with Crippen LogP contribution >= 0.6 is 0 Å². The highest BCUT2D eigenvalue weighted by atomic mass is 15.0. The van der Waals surface area contributed by atoms with Crippen LogP contribution in [0.25, 0.3) is 22.4 Å². The predicted molar refractivity (Wildman–Crippen MR) is 101 cm³/mol. The minimum Gasteiger partial charge on any atom is -0.363 e. The normalized spacial score (nSPS) is 12.0. The van der Waals surface area contributed by atoms with Gasteiger partial charge in [-0.3, -0.25) is 4.98 Å². The van der Waals surface area contributed by atoms with Gasteiger partial charge in [0.25, 0.3) is 0 Å². The first kappa shape index (κ1) is 15.3. The number of hydrogen-bond acceptors (Lipinski definition) is 4. The second-order valence-electron chi connectivity index (χ2n) is 5.94. The lowest BCUT2D eigenvalue weighted by atomic mass is 10.1. The van der Waals surface area contributed by atoms with Crippen LogP contribution in [0.4, 0.5) is 5.82 Å². The number of nitrogens with one attached hydrogen (secondary N) is 1. The molecule has 0 saturated heterocycles. The summed E-state index contributed by atoms with van der Waals surface area (Å²) in [5.41, 5.74) is 4.52. The molecule has 4 rings (SSSR count). The van der Waals surface area contributed by atoms with Crippen molar-refractivity contribution in [1.29, 1.82) is 0 Å². The van der Waals surface area contributed by atoms with E-state index in [1.165, 1.54) is 5.56 Å². The number of pyridine rings is 1. The third-order valence-corrected chi connectivity index (χ3v) is 4.14. The monoisotopic (exact) mass is 326 g/mol. The minimum atomic E-state index is 0.163. The van der Waals surface area contributed by atoms with E-state index < -0.39 is 0 Å². The number of nitrogens with zero attached hydrogens (tertiary/aromatic N) is 3. The standard InChI is InChI=1S/C21H18N4/c1-15(16-8-4-2-5-9-16)23-20-13-12-18-21(25-20)24-19(14-22-18)17-10-6-3-7-11-17/h2-15H,1H3,(H,23,24,25). The van der Waals surface area contributed by atoms with Crippen molar-refractivity contribution in [2.75, 3.05) is 5.32 Å². The fourth-order valence-electron chi connectivity index (χ4n) is 2.77. The average molecular weight is 326 g/mol. The van der Waals surface area contributed by atoms with Gasteiger partial charge in [-0.1, -0.05) is 60.7 Å². The van der Waals surface area contributed by atoms with Crippen molar-refractivity contribution in [3.8, 4) is 11.3 Å². The Balaban J connectivity index is 1.65. The van der Waals surface area contributed by atoms with Crippen molar-refractivity contribution in [3.05, 3.63) is 84.6 Å². The van der Waals surface area contributed by atoms with Gasteiger partial charge in [-0.15, -0.1) is 0 Å². The molecule has 0 aliphatic rings. The molecule has 0 amide bonds. The zero-order valence-corrected chi connectivity index (χ0v) is 13.9. The van der Waals surface area contributed by atoms with Gasteiger partial charge in [0.2, 0.25) is 0 Å². The lowest BCUT2D eigenvalue weighted by Gasteiger charge is -2.15. The SMILES string of the molecule is CC(Nc1ccc2ncc(-c3ccccc3)nc2n1)c1ccccc1. The summed E-state index contributed by atoms with van der Waals surface area (Å²) >= 11 is 0. The van der Waals surface area contributed by atoms with Crippen LogP contribution in [0, 0.1) is 0 Å². The first-order chi connectivity index (χ1) is 12.3. The summed E-state index contributed by atoms with van der Waals surface area (Å²) in [6, 6.07) is 24.4. The molecule has 4 nitrogen and oxygen atoms in total. The lowest BCUT2D eigenvalue weighted by molar-refractivity contribution is 0.876. The van der Waals surface area contributed by atoms with Gasteiger partial charge in [0, 0.05) is 11.6 Å². The topological polar surface area (TPSA) is 50.7 Å². The molecule has 0 fully saturated rings. The first-order valence-corrected chi connectivity index (χ1v) is 8.30. The van der Waals surface area contributed by atoms with E-state index in [0.29, 0.717) is 5.65 Å². The fraction of sp³-hybridized carbons (Fsp3) is 0.0952. The van der Waals surface area contributed by atoms with Crippen LogP contribution < -0.4 is 5.32 Å². The Morgan fingerprint density at radius 2 is 1.52 bits per heavy atom. The molecule has 0 spiro atoms. The zero-order valence-electron chi connectivity index (χ0n) is 13.9. The second-order valence-corrected chi connectivity index (χ2v) is 5.94. The number of rotatable bonds is 4. The van der Waals surface area contributed by atoms with Gasteiger partial charge in [0.05, 0.1) is 11.9 Å². The summed E-state index contributed by atoms with van der Waals surface area (Å²) in [6.45, 7) is 2.12. The van der Waals surface area contributed by atoms with Crippen molar-refractivity contribution in [1.82, 2.24) is 15.0 Å². The Morgan fingerprint density at radius 1 is 0.800 bits per heavy atom. The molecule has 0 aliphatic carbocycles. The lowest BCUT2D eigenvalue weighted by Crippen LogP contribution is -2.08. The van der Waals surface area contributed by atoms with Crippen LogP contribution in [0.1, 0.15) is 18.5 Å². The molecule has 0 saturated carbocycles. The smallest absolute Gasteiger partial charge is 0.180 e. The molecule has 1 N–H and O–H groups in total. The molecule has 1 unspecified atom stereocenters. The Hall–Kier alpha value is -3.27. The third-order valence-electron chi connectivity index (χ3n) is 4.14. The maximum atomic E-state index is 4.67. The zero-order chi connectivity index (χ0) is 17.1. The largest absolute Gasteiger partial charge is 0.363 e. The Kier molecular flexibility index (Phi) is 4.09. The summed E-state index contributed by atoms with van der Waals surface area (Å²) < 4.78 is 0. The molecule has 4 aromatic rings. The Bertz CT molecular complexity index is 984. The number of benzene rings is 2. The highest BCUT2D eigenvalue weighted by Crippen LogP contribution is 2.21. The summed E-state index contributed by atoms with van der Waals surface area (Å²) in [4.78, 5) is 13.8. The molecule has 25 heavy (non-hydrogen) atoms. The highest BCUT2D eigenvalue weighted by Gasteiger charge is 2.08. The van der Waals surface area contributed by atoms with E-state index in [-0.39, 0.29) is 6.04 Å². The summed E-state index contributed by atoms with van der Waals surface area (Å²) in [7, 11) is 0.